The molecule has 0 radical (unpaired) electrons. The number of benzene rings is 1. The van der Waals surface area contributed by atoms with Gasteiger partial charge in [0.25, 0.3) is 0 Å². The molecule has 6 heteroatoms. The van der Waals surface area contributed by atoms with E-state index in [1.165, 1.54) is 43.6 Å². The van der Waals surface area contributed by atoms with E-state index in [0.29, 0.717) is 6.04 Å². The lowest BCUT2D eigenvalue weighted by Gasteiger charge is -2.38. The SMILES string of the molecule is CN=C(NCC1CN(C)CCN1C)N(C)Cc1ccc(N2CCCCC2)cc1. The Labute approximate surface area is 171 Å². The van der Waals surface area contributed by atoms with Crippen LogP contribution in [0.15, 0.2) is 29.3 Å². The number of aliphatic imine (C=N–C) groups is 1. The van der Waals surface area contributed by atoms with Gasteiger partial charge in [0.2, 0.25) is 0 Å². The lowest BCUT2D eigenvalue weighted by atomic mass is 10.1. The van der Waals surface area contributed by atoms with Crippen molar-refractivity contribution in [3.63, 3.8) is 0 Å². The molecule has 1 aromatic carbocycles. The standard InChI is InChI=1S/C22H38N6/c1-23-22(24-16-21-18-25(2)14-15-26(21)3)27(4)17-19-8-10-20(11-9-19)28-12-6-5-7-13-28/h8-11,21H,5-7,12-18H2,1-4H3,(H,23,24). The van der Waals surface area contributed by atoms with Gasteiger partial charge in [-0.2, -0.15) is 0 Å². The second-order valence-corrected chi connectivity index (χ2v) is 8.40. The molecule has 28 heavy (non-hydrogen) atoms. The highest BCUT2D eigenvalue weighted by molar-refractivity contribution is 5.79. The normalized spacial score (nSPS) is 22.4. The third-order valence-corrected chi connectivity index (χ3v) is 6.13. The number of anilines is 1. The molecule has 156 valence electrons. The lowest BCUT2D eigenvalue weighted by Crippen LogP contribution is -2.55. The van der Waals surface area contributed by atoms with E-state index in [-0.39, 0.29) is 0 Å². The van der Waals surface area contributed by atoms with Gasteiger partial charge in [-0.25, -0.2) is 0 Å². The minimum Gasteiger partial charge on any atom is -0.372 e. The van der Waals surface area contributed by atoms with Gasteiger partial charge in [-0.05, 0) is 51.1 Å². The van der Waals surface area contributed by atoms with Crippen LogP contribution >= 0.6 is 0 Å². The Hall–Kier alpha value is -1.79. The summed E-state index contributed by atoms with van der Waals surface area (Å²) in [5, 5.41) is 3.57. The number of guanidine groups is 1. The highest BCUT2D eigenvalue weighted by atomic mass is 15.3. The summed E-state index contributed by atoms with van der Waals surface area (Å²) >= 11 is 0. The number of piperazine rings is 1. The van der Waals surface area contributed by atoms with E-state index in [0.717, 1.165) is 38.7 Å². The molecule has 0 aromatic heterocycles. The van der Waals surface area contributed by atoms with Crippen LogP contribution in [-0.4, -0.2) is 94.2 Å². The second kappa shape index (κ2) is 10.1. The molecule has 2 fully saturated rings. The van der Waals surface area contributed by atoms with E-state index in [4.69, 9.17) is 0 Å². The summed E-state index contributed by atoms with van der Waals surface area (Å²) in [7, 11) is 8.41. The molecule has 0 amide bonds. The number of nitrogens with one attached hydrogen (secondary N) is 1. The van der Waals surface area contributed by atoms with Crippen LogP contribution in [0, 0.1) is 0 Å². The molecular weight excluding hydrogens is 348 g/mol. The number of likely N-dealkylation sites (N-methyl/N-ethyl adjacent to an activating group) is 2. The third kappa shape index (κ3) is 5.61. The number of piperidine rings is 1. The topological polar surface area (TPSA) is 37.4 Å². The fourth-order valence-electron chi connectivity index (χ4n) is 4.23. The summed E-state index contributed by atoms with van der Waals surface area (Å²) in [6.45, 7) is 7.55. The Bertz CT molecular complexity index is 622. The monoisotopic (exact) mass is 386 g/mol. The molecule has 1 N–H and O–H groups in total. The summed E-state index contributed by atoms with van der Waals surface area (Å²) in [6.07, 6.45) is 4.01. The summed E-state index contributed by atoms with van der Waals surface area (Å²) in [5.41, 5.74) is 2.68. The van der Waals surface area contributed by atoms with Crippen LogP contribution in [0.4, 0.5) is 5.69 Å². The average molecular weight is 387 g/mol. The first kappa shape index (κ1) is 20.9. The fraction of sp³-hybridized carbons (Fsp3) is 0.682. The van der Waals surface area contributed by atoms with Crippen LogP contribution < -0.4 is 10.2 Å². The van der Waals surface area contributed by atoms with Crippen molar-refractivity contribution < 1.29 is 0 Å². The Morgan fingerprint density at radius 2 is 1.79 bits per heavy atom. The molecule has 3 rings (SSSR count). The van der Waals surface area contributed by atoms with Crippen LogP contribution in [0.5, 0.6) is 0 Å². The Morgan fingerprint density at radius 1 is 1.07 bits per heavy atom. The summed E-state index contributed by atoms with van der Waals surface area (Å²) in [4.78, 5) is 14.1. The molecule has 2 aliphatic heterocycles. The highest BCUT2D eigenvalue weighted by Crippen LogP contribution is 2.20. The van der Waals surface area contributed by atoms with Gasteiger partial charge in [0.15, 0.2) is 5.96 Å². The molecule has 0 spiro atoms. The van der Waals surface area contributed by atoms with Crippen LogP contribution in [0.3, 0.4) is 0 Å². The van der Waals surface area contributed by atoms with Gasteiger partial charge in [-0.3, -0.25) is 9.89 Å². The van der Waals surface area contributed by atoms with Gasteiger partial charge in [0, 0.05) is 71.6 Å². The zero-order valence-corrected chi connectivity index (χ0v) is 18.2. The van der Waals surface area contributed by atoms with Gasteiger partial charge in [0.05, 0.1) is 0 Å². The zero-order chi connectivity index (χ0) is 19.9. The average Bonchev–Trinajstić information content (AvgIpc) is 2.72. The van der Waals surface area contributed by atoms with E-state index in [2.05, 4.69) is 75.3 Å². The first-order valence-corrected chi connectivity index (χ1v) is 10.7. The maximum Gasteiger partial charge on any atom is 0.193 e. The number of nitrogens with zero attached hydrogens (tertiary/aromatic N) is 5. The Kier molecular flexibility index (Phi) is 7.57. The summed E-state index contributed by atoms with van der Waals surface area (Å²) in [6, 6.07) is 9.59. The molecule has 0 bridgehead atoms. The summed E-state index contributed by atoms with van der Waals surface area (Å²) < 4.78 is 0. The number of rotatable bonds is 5. The van der Waals surface area contributed by atoms with Crippen molar-refractivity contribution >= 4 is 11.6 Å². The molecule has 2 saturated heterocycles. The van der Waals surface area contributed by atoms with Crippen LogP contribution in [-0.2, 0) is 6.54 Å². The van der Waals surface area contributed by atoms with Crippen molar-refractivity contribution in [3.05, 3.63) is 29.8 Å². The maximum atomic E-state index is 4.49. The molecule has 0 aliphatic carbocycles. The second-order valence-electron chi connectivity index (χ2n) is 8.40. The molecule has 2 heterocycles. The molecule has 2 aliphatic rings. The summed E-state index contributed by atoms with van der Waals surface area (Å²) in [5.74, 6) is 0.960. The Balaban J connectivity index is 1.51. The van der Waals surface area contributed by atoms with Crippen LogP contribution in [0.2, 0.25) is 0 Å². The largest absolute Gasteiger partial charge is 0.372 e. The quantitative estimate of drug-likeness (QED) is 0.618. The van der Waals surface area contributed by atoms with Crippen LogP contribution in [0.25, 0.3) is 0 Å². The van der Waals surface area contributed by atoms with Crippen molar-refractivity contribution in [2.45, 2.75) is 31.8 Å². The number of hydrogen-bond acceptors (Lipinski definition) is 4. The molecular formula is C22H38N6. The van der Waals surface area contributed by atoms with E-state index in [1.54, 1.807) is 0 Å². The molecule has 0 saturated carbocycles. The van der Waals surface area contributed by atoms with Gasteiger partial charge in [0.1, 0.15) is 0 Å². The van der Waals surface area contributed by atoms with Crippen molar-refractivity contribution in [1.29, 1.82) is 0 Å². The van der Waals surface area contributed by atoms with Crippen LogP contribution in [0.1, 0.15) is 24.8 Å². The third-order valence-electron chi connectivity index (χ3n) is 6.13. The van der Waals surface area contributed by atoms with Gasteiger partial charge in [-0.1, -0.05) is 12.1 Å². The van der Waals surface area contributed by atoms with Crippen molar-refractivity contribution in [2.75, 3.05) is 72.4 Å². The molecule has 1 unspecified atom stereocenters. The van der Waals surface area contributed by atoms with E-state index in [9.17, 15) is 0 Å². The first-order valence-electron chi connectivity index (χ1n) is 10.7. The minimum absolute atomic E-state index is 0.521. The molecule has 1 aromatic rings. The minimum atomic E-state index is 0.521. The lowest BCUT2D eigenvalue weighted by molar-refractivity contribution is 0.116. The predicted molar refractivity (Wildman–Crippen MR) is 119 cm³/mol. The van der Waals surface area contributed by atoms with Gasteiger partial charge in [-0.15, -0.1) is 0 Å². The predicted octanol–water partition coefficient (Wildman–Crippen LogP) is 1.93. The molecule has 1 atom stereocenters. The van der Waals surface area contributed by atoms with Gasteiger partial charge >= 0.3 is 0 Å². The zero-order valence-electron chi connectivity index (χ0n) is 18.2. The maximum absolute atomic E-state index is 4.49. The van der Waals surface area contributed by atoms with Gasteiger partial charge < -0.3 is 20.0 Å². The Morgan fingerprint density at radius 3 is 2.46 bits per heavy atom. The number of hydrogen-bond donors (Lipinski definition) is 1. The van der Waals surface area contributed by atoms with Crippen molar-refractivity contribution in [3.8, 4) is 0 Å². The first-order chi connectivity index (χ1) is 13.6. The van der Waals surface area contributed by atoms with E-state index in [1.807, 2.05) is 7.05 Å². The molecule has 6 nitrogen and oxygen atoms in total. The van der Waals surface area contributed by atoms with E-state index >= 15 is 0 Å². The van der Waals surface area contributed by atoms with E-state index < -0.39 is 0 Å². The van der Waals surface area contributed by atoms with Crippen molar-refractivity contribution in [2.24, 2.45) is 4.99 Å². The fourth-order valence-corrected chi connectivity index (χ4v) is 4.23. The highest BCUT2D eigenvalue weighted by Gasteiger charge is 2.22. The smallest absolute Gasteiger partial charge is 0.193 e. The van der Waals surface area contributed by atoms with Crippen molar-refractivity contribution in [1.82, 2.24) is 20.0 Å².